The maximum absolute atomic E-state index is 11.7. The van der Waals surface area contributed by atoms with E-state index in [1.807, 2.05) is 44.3 Å². The summed E-state index contributed by atoms with van der Waals surface area (Å²) in [5.74, 6) is -0.293. The first-order valence-corrected chi connectivity index (χ1v) is 6.59. The molecular formula is C16H18N2O2. The van der Waals surface area contributed by atoms with Crippen LogP contribution in [0.15, 0.2) is 48.8 Å². The maximum atomic E-state index is 11.7. The molecule has 1 aromatic carbocycles. The van der Waals surface area contributed by atoms with E-state index < -0.39 is 0 Å². The number of esters is 1. The van der Waals surface area contributed by atoms with Crippen LogP contribution >= 0.6 is 0 Å². The molecule has 0 atom stereocenters. The Kier molecular flexibility index (Phi) is 4.71. The topological polar surface area (TPSA) is 51.2 Å². The number of carbonyl (C=O) groups excluding carboxylic acids is 1. The standard InChI is InChI=1S/C16H18N2O2/c1-12(2)20-16(19)14-5-7-15(8-6-14)18-11-13-4-3-9-17-10-13/h3-10,12,18H,11H2,1-2H3. The third-order valence-electron chi connectivity index (χ3n) is 2.68. The summed E-state index contributed by atoms with van der Waals surface area (Å²) in [6.45, 7) is 4.37. The van der Waals surface area contributed by atoms with Crippen LogP contribution in [0.2, 0.25) is 0 Å². The van der Waals surface area contributed by atoms with Gasteiger partial charge in [-0.15, -0.1) is 0 Å². The fraction of sp³-hybridized carbons (Fsp3) is 0.250. The third kappa shape index (κ3) is 4.09. The van der Waals surface area contributed by atoms with Crippen LogP contribution in [0.3, 0.4) is 0 Å². The van der Waals surface area contributed by atoms with Gasteiger partial charge in [-0.3, -0.25) is 4.98 Å². The zero-order valence-electron chi connectivity index (χ0n) is 11.7. The highest BCUT2D eigenvalue weighted by molar-refractivity contribution is 5.89. The Labute approximate surface area is 118 Å². The number of hydrogen-bond acceptors (Lipinski definition) is 4. The van der Waals surface area contributed by atoms with E-state index in [4.69, 9.17) is 4.74 Å². The first-order valence-electron chi connectivity index (χ1n) is 6.59. The molecule has 0 fully saturated rings. The van der Waals surface area contributed by atoms with E-state index in [0.29, 0.717) is 12.1 Å². The quantitative estimate of drug-likeness (QED) is 0.847. The number of ether oxygens (including phenoxy) is 1. The van der Waals surface area contributed by atoms with Crippen LogP contribution in [0, 0.1) is 0 Å². The van der Waals surface area contributed by atoms with Gasteiger partial charge in [0, 0.05) is 24.6 Å². The molecule has 0 bridgehead atoms. The summed E-state index contributed by atoms with van der Waals surface area (Å²) in [4.78, 5) is 15.8. The largest absolute Gasteiger partial charge is 0.459 e. The Balaban J connectivity index is 1.93. The molecule has 0 saturated heterocycles. The number of nitrogens with one attached hydrogen (secondary N) is 1. The number of aromatic nitrogens is 1. The van der Waals surface area contributed by atoms with Crippen molar-refractivity contribution in [3.8, 4) is 0 Å². The van der Waals surface area contributed by atoms with Crippen molar-refractivity contribution in [3.63, 3.8) is 0 Å². The summed E-state index contributed by atoms with van der Waals surface area (Å²) in [6, 6.07) is 11.2. The van der Waals surface area contributed by atoms with Gasteiger partial charge in [-0.2, -0.15) is 0 Å². The number of rotatable bonds is 5. The molecule has 1 heterocycles. The average Bonchev–Trinajstić information content (AvgIpc) is 2.46. The predicted molar refractivity (Wildman–Crippen MR) is 78.6 cm³/mol. The minimum atomic E-state index is -0.293. The van der Waals surface area contributed by atoms with Crippen LogP contribution in [0.4, 0.5) is 5.69 Å². The molecule has 20 heavy (non-hydrogen) atoms. The molecule has 0 saturated carbocycles. The summed E-state index contributed by atoms with van der Waals surface area (Å²) < 4.78 is 5.14. The van der Waals surface area contributed by atoms with E-state index in [2.05, 4.69) is 10.3 Å². The summed E-state index contributed by atoms with van der Waals surface area (Å²) in [5.41, 5.74) is 2.62. The summed E-state index contributed by atoms with van der Waals surface area (Å²) in [5, 5.41) is 3.28. The second-order valence-electron chi connectivity index (χ2n) is 4.75. The summed E-state index contributed by atoms with van der Waals surface area (Å²) in [7, 11) is 0. The van der Waals surface area contributed by atoms with E-state index in [1.54, 1.807) is 18.3 Å². The lowest BCUT2D eigenvalue weighted by molar-refractivity contribution is 0.0378. The minimum Gasteiger partial charge on any atom is -0.459 e. The molecule has 0 amide bonds. The van der Waals surface area contributed by atoms with Crippen molar-refractivity contribution in [1.82, 2.24) is 4.98 Å². The van der Waals surface area contributed by atoms with E-state index in [9.17, 15) is 4.79 Å². The fourth-order valence-corrected chi connectivity index (χ4v) is 1.71. The van der Waals surface area contributed by atoms with Gasteiger partial charge in [-0.25, -0.2) is 4.79 Å². The Hall–Kier alpha value is -2.36. The minimum absolute atomic E-state index is 0.106. The van der Waals surface area contributed by atoms with Gasteiger partial charge in [-0.05, 0) is 49.7 Å². The van der Waals surface area contributed by atoms with Crippen molar-refractivity contribution >= 4 is 11.7 Å². The van der Waals surface area contributed by atoms with Crippen molar-refractivity contribution in [2.75, 3.05) is 5.32 Å². The number of pyridine rings is 1. The number of nitrogens with zero attached hydrogens (tertiary/aromatic N) is 1. The summed E-state index contributed by atoms with van der Waals surface area (Å²) in [6.07, 6.45) is 3.46. The number of carbonyl (C=O) groups is 1. The molecule has 1 N–H and O–H groups in total. The first-order chi connectivity index (χ1) is 9.65. The van der Waals surface area contributed by atoms with Crippen molar-refractivity contribution in [2.24, 2.45) is 0 Å². The molecule has 2 aromatic rings. The second kappa shape index (κ2) is 6.70. The number of anilines is 1. The normalized spacial score (nSPS) is 10.3. The molecule has 0 radical (unpaired) electrons. The van der Waals surface area contributed by atoms with Crippen LogP contribution in [-0.4, -0.2) is 17.1 Å². The van der Waals surface area contributed by atoms with Crippen LogP contribution in [-0.2, 0) is 11.3 Å². The molecule has 1 aromatic heterocycles. The first kappa shape index (κ1) is 14.1. The molecule has 0 unspecified atom stereocenters. The van der Waals surface area contributed by atoms with Crippen LogP contribution in [0.25, 0.3) is 0 Å². The average molecular weight is 270 g/mol. The van der Waals surface area contributed by atoms with Gasteiger partial charge in [-0.1, -0.05) is 6.07 Å². The van der Waals surface area contributed by atoms with Crippen LogP contribution in [0.1, 0.15) is 29.8 Å². The highest BCUT2D eigenvalue weighted by Crippen LogP contribution is 2.12. The number of benzene rings is 1. The van der Waals surface area contributed by atoms with Crippen LogP contribution in [0.5, 0.6) is 0 Å². The van der Waals surface area contributed by atoms with Gasteiger partial charge in [0.25, 0.3) is 0 Å². The molecular weight excluding hydrogens is 252 g/mol. The molecule has 0 aliphatic rings. The van der Waals surface area contributed by atoms with E-state index in [1.165, 1.54) is 0 Å². The highest BCUT2D eigenvalue weighted by atomic mass is 16.5. The van der Waals surface area contributed by atoms with Gasteiger partial charge in [0.15, 0.2) is 0 Å². The SMILES string of the molecule is CC(C)OC(=O)c1ccc(NCc2cccnc2)cc1. The van der Waals surface area contributed by atoms with Crippen molar-refractivity contribution in [2.45, 2.75) is 26.5 Å². The fourth-order valence-electron chi connectivity index (χ4n) is 1.71. The Bertz CT molecular complexity index is 550. The lowest BCUT2D eigenvalue weighted by atomic mass is 10.2. The zero-order chi connectivity index (χ0) is 14.4. The van der Waals surface area contributed by atoms with Gasteiger partial charge in [0.05, 0.1) is 11.7 Å². The second-order valence-corrected chi connectivity index (χ2v) is 4.75. The predicted octanol–water partition coefficient (Wildman–Crippen LogP) is 3.26. The Morgan fingerprint density at radius 2 is 2.00 bits per heavy atom. The molecule has 104 valence electrons. The molecule has 2 rings (SSSR count). The van der Waals surface area contributed by atoms with E-state index in [0.717, 1.165) is 11.3 Å². The molecule has 0 aliphatic carbocycles. The molecule has 0 aliphatic heterocycles. The van der Waals surface area contributed by atoms with Gasteiger partial charge >= 0.3 is 5.97 Å². The Morgan fingerprint density at radius 1 is 1.25 bits per heavy atom. The third-order valence-corrected chi connectivity index (χ3v) is 2.68. The van der Waals surface area contributed by atoms with Gasteiger partial charge in [0.2, 0.25) is 0 Å². The number of hydrogen-bond donors (Lipinski definition) is 1. The van der Waals surface area contributed by atoms with Crippen LogP contribution < -0.4 is 5.32 Å². The monoisotopic (exact) mass is 270 g/mol. The van der Waals surface area contributed by atoms with Gasteiger partial charge in [0.1, 0.15) is 0 Å². The highest BCUT2D eigenvalue weighted by Gasteiger charge is 2.08. The van der Waals surface area contributed by atoms with Crippen molar-refractivity contribution < 1.29 is 9.53 Å². The zero-order valence-corrected chi connectivity index (χ0v) is 11.7. The summed E-state index contributed by atoms with van der Waals surface area (Å²) >= 11 is 0. The molecule has 4 nitrogen and oxygen atoms in total. The van der Waals surface area contributed by atoms with Gasteiger partial charge < -0.3 is 10.1 Å². The van der Waals surface area contributed by atoms with E-state index >= 15 is 0 Å². The molecule has 0 spiro atoms. The van der Waals surface area contributed by atoms with Crippen molar-refractivity contribution in [3.05, 3.63) is 59.9 Å². The lowest BCUT2D eigenvalue weighted by Crippen LogP contribution is -2.11. The maximum Gasteiger partial charge on any atom is 0.338 e. The Morgan fingerprint density at radius 3 is 2.60 bits per heavy atom. The van der Waals surface area contributed by atoms with Crippen molar-refractivity contribution in [1.29, 1.82) is 0 Å². The smallest absolute Gasteiger partial charge is 0.338 e. The lowest BCUT2D eigenvalue weighted by Gasteiger charge is -2.09. The van der Waals surface area contributed by atoms with E-state index in [-0.39, 0.29) is 12.1 Å². The molecule has 4 heteroatoms.